The number of hydrogen-bond donors (Lipinski definition) is 0. The molecule has 0 unspecified atom stereocenters. The SMILES string of the molecule is Clc1cc(C2CC2)nc2ccccc12. The fourth-order valence-corrected chi connectivity index (χ4v) is 2.01. The molecule has 0 spiro atoms. The van der Waals surface area contributed by atoms with Crippen LogP contribution in [-0.4, -0.2) is 4.98 Å². The Hall–Kier alpha value is -1.08. The summed E-state index contributed by atoms with van der Waals surface area (Å²) < 4.78 is 0. The normalized spacial score (nSPS) is 16.1. The Labute approximate surface area is 87.7 Å². The molecule has 0 atom stereocenters. The number of fused-ring (bicyclic) bond motifs is 1. The first-order valence-electron chi connectivity index (χ1n) is 4.90. The maximum absolute atomic E-state index is 6.19. The van der Waals surface area contributed by atoms with E-state index < -0.39 is 0 Å². The van der Waals surface area contributed by atoms with Gasteiger partial charge in [0.25, 0.3) is 0 Å². The molecular weight excluding hydrogens is 194 g/mol. The zero-order valence-electron chi connectivity index (χ0n) is 7.70. The number of pyridine rings is 1. The molecule has 1 nitrogen and oxygen atoms in total. The van der Waals surface area contributed by atoms with E-state index in [1.807, 2.05) is 30.3 Å². The summed E-state index contributed by atoms with van der Waals surface area (Å²) in [6, 6.07) is 10.0. The summed E-state index contributed by atoms with van der Waals surface area (Å²) in [4.78, 5) is 4.61. The van der Waals surface area contributed by atoms with E-state index in [1.165, 1.54) is 12.8 Å². The number of para-hydroxylation sites is 1. The van der Waals surface area contributed by atoms with Crippen molar-refractivity contribution >= 4 is 22.5 Å². The molecule has 1 saturated carbocycles. The van der Waals surface area contributed by atoms with Gasteiger partial charge in [-0.1, -0.05) is 29.8 Å². The van der Waals surface area contributed by atoms with Gasteiger partial charge in [-0.15, -0.1) is 0 Å². The van der Waals surface area contributed by atoms with Crippen LogP contribution >= 0.6 is 11.6 Å². The largest absolute Gasteiger partial charge is 0.252 e. The smallest absolute Gasteiger partial charge is 0.0720 e. The van der Waals surface area contributed by atoms with E-state index >= 15 is 0 Å². The van der Waals surface area contributed by atoms with Gasteiger partial charge in [0.05, 0.1) is 10.5 Å². The van der Waals surface area contributed by atoms with Gasteiger partial charge in [-0.25, -0.2) is 0 Å². The van der Waals surface area contributed by atoms with Crippen LogP contribution in [0.2, 0.25) is 5.02 Å². The van der Waals surface area contributed by atoms with Gasteiger partial charge in [-0.05, 0) is 25.0 Å². The molecule has 70 valence electrons. The van der Waals surface area contributed by atoms with Crippen LogP contribution in [0.5, 0.6) is 0 Å². The van der Waals surface area contributed by atoms with Crippen molar-refractivity contribution in [2.45, 2.75) is 18.8 Å². The number of nitrogens with zero attached hydrogens (tertiary/aromatic N) is 1. The maximum Gasteiger partial charge on any atom is 0.0720 e. The van der Waals surface area contributed by atoms with Crippen LogP contribution in [-0.2, 0) is 0 Å². The quantitative estimate of drug-likeness (QED) is 0.688. The lowest BCUT2D eigenvalue weighted by Gasteiger charge is -2.03. The predicted octanol–water partition coefficient (Wildman–Crippen LogP) is 3.77. The fraction of sp³-hybridized carbons (Fsp3) is 0.250. The first-order valence-corrected chi connectivity index (χ1v) is 5.27. The van der Waals surface area contributed by atoms with Crippen molar-refractivity contribution in [3.63, 3.8) is 0 Å². The second-order valence-corrected chi connectivity index (χ2v) is 4.23. The molecule has 1 fully saturated rings. The third-order valence-electron chi connectivity index (χ3n) is 2.68. The highest BCUT2D eigenvalue weighted by molar-refractivity contribution is 6.35. The van der Waals surface area contributed by atoms with Crippen LogP contribution in [0, 0.1) is 0 Å². The summed E-state index contributed by atoms with van der Waals surface area (Å²) in [5, 5.41) is 1.89. The van der Waals surface area contributed by atoms with Crippen LogP contribution in [0.25, 0.3) is 10.9 Å². The van der Waals surface area contributed by atoms with Gasteiger partial charge in [-0.3, -0.25) is 4.98 Å². The highest BCUT2D eigenvalue weighted by Crippen LogP contribution is 2.40. The lowest BCUT2D eigenvalue weighted by molar-refractivity contribution is 1.04. The van der Waals surface area contributed by atoms with E-state index in [4.69, 9.17) is 11.6 Å². The lowest BCUT2D eigenvalue weighted by atomic mass is 10.1. The van der Waals surface area contributed by atoms with Gasteiger partial charge in [0.2, 0.25) is 0 Å². The second kappa shape index (κ2) is 2.96. The van der Waals surface area contributed by atoms with E-state index in [-0.39, 0.29) is 0 Å². The van der Waals surface area contributed by atoms with Crippen molar-refractivity contribution in [2.24, 2.45) is 0 Å². The average Bonchev–Trinajstić information content (AvgIpc) is 3.01. The minimum Gasteiger partial charge on any atom is -0.252 e. The number of benzene rings is 1. The van der Waals surface area contributed by atoms with Crippen molar-refractivity contribution in [1.82, 2.24) is 4.98 Å². The highest BCUT2D eigenvalue weighted by atomic mass is 35.5. The molecular formula is C12H10ClN. The lowest BCUT2D eigenvalue weighted by Crippen LogP contribution is -1.88. The van der Waals surface area contributed by atoms with Gasteiger partial charge < -0.3 is 0 Å². The topological polar surface area (TPSA) is 12.9 Å². The van der Waals surface area contributed by atoms with E-state index in [1.54, 1.807) is 0 Å². The Balaban J connectivity index is 2.27. The molecule has 0 radical (unpaired) electrons. The molecule has 2 heteroatoms. The number of aromatic nitrogens is 1. The molecule has 14 heavy (non-hydrogen) atoms. The Bertz CT molecular complexity index is 489. The van der Waals surface area contributed by atoms with E-state index in [2.05, 4.69) is 4.98 Å². The first kappa shape index (κ1) is 8.25. The summed E-state index contributed by atoms with van der Waals surface area (Å²) in [7, 11) is 0. The van der Waals surface area contributed by atoms with Crippen molar-refractivity contribution in [2.75, 3.05) is 0 Å². The predicted molar refractivity (Wildman–Crippen MR) is 58.7 cm³/mol. The standard InChI is InChI=1S/C12H10ClN/c13-10-7-12(8-5-6-8)14-11-4-2-1-3-9(10)11/h1-4,7-8H,5-6H2. The van der Waals surface area contributed by atoms with Gasteiger partial charge in [0, 0.05) is 17.0 Å². The van der Waals surface area contributed by atoms with Crippen molar-refractivity contribution in [3.05, 3.63) is 41.0 Å². The molecule has 1 aliphatic carbocycles. The molecule has 0 saturated heterocycles. The third-order valence-corrected chi connectivity index (χ3v) is 2.99. The Kier molecular flexibility index (Phi) is 1.74. The molecule has 0 aliphatic heterocycles. The molecule has 1 aromatic carbocycles. The second-order valence-electron chi connectivity index (χ2n) is 3.82. The highest BCUT2D eigenvalue weighted by Gasteiger charge is 2.25. The van der Waals surface area contributed by atoms with Crippen molar-refractivity contribution in [1.29, 1.82) is 0 Å². The molecule has 1 heterocycles. The Morgan fingerprint density at radius 1 is 1.21 bits per heavy atom. The monoisotopic (exact) mass is 203 g/mol. The average molecular weight is 204 g/mol. The van der Waals surface area contributed by atoms with E-state index in [0.717, 1.165) is 21.6 Å². The van der Waals surface area contributed by atoms with Crippen LogP contribution in [0.4, 0.5) is 0 Å². The number of halogens is 1. The van der Waals surface area contributed by atoms with Gasteiger partial charge in [0.15, 0.2) is 0 Å². The zero-order chi connectivity index (χ0) is 9.54. The number of hydrogen-bond acceptors (Lipinski definition) is 1. The van der Waals surface area contributed by atoms with Gasteiger partial charge in [-0.2, -0.15) is 0 Å². The fourth-order valence-electron chi connectivity index (χ4n) is 1.74. The summed E-state index contributed by atoms with van der Waals surface area (Å²) in [6.45, 7) is 0. The van der Waals surface area contributed by atoms with Crippen LogP contribution in [0.1, 0.15) is 24.5 Å². The summed E-state index contributed by atoms with van der Waals surface area (Å²) >= 11 is 6.19. The van der Waals surface area contributed by atoms with Gasteiger partial charge in [0.1, 0.15) is 0 Å². The Morgan fingerprint density at radius 3 is 2.79 bits per heavy atom. The Morgan fingerprint density at radius 2 is 2.00 bits per heavy atom. The minimum absolute atomic E-state index is 0.664. The maximum atomic E-state index is 6.19. The molecule has 0 amide bonds. The first-order chi connectivity index (χ1) is 6.84. The van der Waals surface area contributed by atoms with E-state index in [0.29, 0.717) is 5.92 Å². The van der Waals surface area contributed by atoms with Crippen molar-refractivity contribution < 1.29 is 0 Å². The molecule has 3 rings (SSSR count). The van der Waals surface area contributed by atoms with Gasteiger partial charge >= 0.3 is 0 Å². The minimum atomic E-state index is 0.664. The molecule has 2 aromatic rings. The summed E-state index contributed by atoms with van der Waals surface area (Å²) in [6.07, 6.45) is 2.53. The van der Waals surface area contributed by atoms with Crippen LogP contribution in [0.3, 0.4) is 0 Å². The van der Waals surface area contributed by atoms with E-state index in [9.17, 15) is 0 Å². The van der Waals surface area contributed by atoms with Crippen LogP contribution in [0.15, 0.2) is 30.3 Å². The van der Waals surface area contributed by atoms with Crippen molar-refractivity contribution in [3.8, 4) is 0 Å². The molecule has 0 bridgehead atoms. The summed E-state index contributed by atoms with van der Waals surface area (Å²) in [5.41, 5.74) is 2.18. The molecule has 1 aliphatic rings. The molecule has 0 N–H and O–H groups in total. The molecule has 1 aromatic heterocycles. The van der Waals surface area contributed by atoms with Crippen LogP contribution < -0.4 is 0 Å². The third kappa shape index (κ3) is 1.28. The summed E-state index contributed by atoms with van der Waals surface area (Å²) in [5.74, 6) is 0.664. The zero-order valence-corrected chi connectivity index (χ0v) is 8.46. The number of rotatable bonds is 1.